The van der Waals surface area contributed by atoms with Crippen molar-refractivity contribution in [1.82, 2.24) is 0 Å². The van der Waals surface area contributed by atoms with Crippen LogP contribution >= 0.6 is 0 Å². The van der Waals surface area contributed by atoms with Crippen LogP contribution in [0.25, 0.3) is 0 Å². The van der Waals surface area contributed by atoms with Crippen molar-refractivity contribution in [1.29, 1.82) is 10.8 Å². The van der Waals surface area contributed by atoms with Crippen LogP contribution in [0.5, 0.6) is 0 Å². The third-order valence-electron chi connectivity index (χ3n) is 2.05. The van der Waals surface area contributed by atoms with Crippen molar-refractivity contribution >= 4 is 24.0 Å². The molecule has 120 valence electrons. The molecular formula is C10H20N6O5. The summed E-state index contributed by atoms with van der Waals surface area (Å²) in [6.45, 7) is 4.46. The van der Waals surface area contributed by atoms with Crippen LogP contribution in [-0.2, 0) is 4.74 Å². The van der Waals surface area contributed by atoms with Gasteiger partial charge in [0.2, 0.25) is 0 Å². The van der Waals surface area contributed by atoms with Gasteiger partial charge >= 0.3 is 12.3 Å². The van der Waals surface area contributed by atoms with Gasteiger partial charge in [-0.15, -0.1) is 0 Å². The molecule has 0 aliphatic carbocycles. The molecule has 0 aromatic rings. The highest BCUT2D eigenvalue weighted by Gasteiger charge is 2.05. The van der Waals surface area contributed by atoms with Crippen LogP contribution in [0.1, 0.15) is 13.8 Å². The summed E-state index contributed by atoms with van der Waals surface area (Å²) < 4.78 is 3.08. The summed E-state index contributed by atoms with van der Waals surface area (Å²) in [5.74, 6) is 0.0740. The number of nitrogens with two attached hydrogens (primary N) is 2. The van der Waals surface area contributed by atoms with Crippen molar-refractivity contribution in [3.8, 4) is 0 Å². The molecule has 8 N–H and O–H groups in total. The lowest BCUT2D eigenvalue weighted by molar-refractivity contribution is 0.0802. The van der Waals surface area contributed by atoms with E-state index in [-0.39, 0.29) is 23.5 Å². The van der Waals surface area contributed by atoms with Crippen molar-refractivity contribution in [3.63, 3.8) is 0 Å². The minimum atomic E-state index is -1.81. The smallest absolute Gasteiger partial charge is 0.449 e. The lowest BCUT2D eigenvalue weighted by atomic mass is 10.1. The van der Waals surface area contributed by atoms with E-state index in [1.54, 1.807) is 0 Å². The van der Waals surface area contributed by atoms with Crippen LogP contribution in [0.2, 0.25) is 0 Å². The number of azo groups is 1. The maximum absolute atomic E-state index is 9.21. The van der Waals surface area contributed by atoms with Crippen LogP contribution in [-0.4, -0.2) is 47.3 Å². The zero-order chi connectivity index (χ0) is 17.0. The highest BCUT2D eigenvalue weighted by Crippen LogP contribution is 1.97. The summed E-state index contributed by atoms with van der Waals surface area (Å²) in [5, 5.41) is 36.9. The maximum Gasteiger partial charge on any atom is 0.516 e. The molecule has 0 amide bonds. The molecule has 11 nitrogen and oxygen atoms in total. The third-order valence-corrected chi connectivity index (χ3v) is 2.05. The average molecular weight is 304 g/mol. The zero-order valence-electron chi connectivity index (χ0n) is 11.7. The maximum atomic E-state index is 9.21. The molecule has 0 fully saturated rings. The van der Waals surface area contributed by atoms with Gasteiger partial charge in [0.1, 0.15) is 0 Å². The number of hydrogen-bond acceptors (Lipinski definition) is 7. The molecule has 0 rings (SSSR count). The first-order valence-electron chi connectivity index (χ1n) is 5.72. The molecule has 0 aliphatic rings. The van der Waals surface area contributed by atoms with E-state index in [1.165, 1.54) is 0 Å². The second-order valence-corrected chi connectivity index (χ2v) is 3.99. The molecule has 21 heavy (non-hydrogen) atoms. The van der Waals surface area contributed by atoms with Crippen LogP contribution in [0, 0.1) is 22.7 Å². The zero-order valence-corrected chi connectivity index (χ0v) is 11.7. The standard InChI is InChI=1S/C8H18N6.C2H2O5/c1-5(7(9)10)3-13-14-4-6(2)8(11)12;3-1(4)7-2(5)6/h5-6H,3-4H2,1-2H3,(H3,9,10)(H3,11,12);(H,3,4)(H,5,6). The molecular weight excluding hydrogens is 284 g/mol. The largest absolute Gasteiger partial charge is 0.516 e. The van der Waals surface area contributed by atoms with Crippen molar-refractivity contribution in [2.24, 2.45) is 33.5 Å². The fraction of sp³-hybridized carbons (Fsp3) is 0.600. The quantitative estimate of drug-likeness (QED) is 0.137. The van der Waals surface area contributed by atoms with Gasteiger partial charge in [0.05, 0.1) is 24.8 Å². The Kier molecular flexibility index (Phi) is 10.9. The van der Waals surface area contributed by atoms with Gasteiger partial charge < -0.3 is 26.4 Å². The molecule has 0 aromatic heterocycles. The summed E-state index contributed by atoms with van der Waals surface area (Å²) in [6.07, 6.45) is -3.62. The first kappa shape index (κ1) is 20.6. The predicted octanol–water partition coefficient (Wildman–Crippen LogP) is 0.942. The van der Waals surface area contributed by atoms with Gasteiger partial charge in [-0.05, 0) is 0 Å². The number of ether oxygens (including phenoxy) is 1. The number of hydrogen-bond donors (Lipinski definition) is 6. The van der Waals surface area contributed by atoms with Crippen molar-refractivity contribution in [2.75, 3.05) is 13.1 Å². The Balaban J connectivity index is 0. The fourth-order valence-corrected chi connectivity index (χ4v) is 0.632. The molecule has 0 aromatic carbocycles. The van der Waals surface area contributed by atoms with Gasteiger partial charge in [-0.2, -0.15) is 10.2 Å². The first-order chi connectivity index (χ1) is 9.57. The summed E-state index contributed by atoms with van der Waals surface area (Å²) in [5.41, 5.74) is 10.5. The Morgan fingerprint density at radius 3 is 1.43 bits per heavy atom. The summed E-state index contributed by atoms with van der Waals surface area (Å²) in [6, 6.07) is 0. The highest BCUT2D eigenvalue weighted by molar-refractivity contribution is 5.79. The Labute approximate surface area is 121 Å². The summed E-state index contributed by atoms with van der Waals surface area (Å²) >= 11 is 0. The number of nitrogens with one attached hydrogen (secondary N) is 2. The van der Waals surface area contributed by atoms with Gasteiger partial charge in [0.15, 0.2) is 0 Å². The van der Waals surface area contributed by atoms with E-state index < -0.39 is 12.3 Å². The van der Waals surface area contributed by atoms with Crippen LogP contribution in [0.3, 0.4) is 0 Å². The summed E-state index contributed by atoms with van der Waals surface area (Å²) in [4.78, 5) is 18.4. The molecule has 0 aliphatic heterocycles. The first-order valence-corrected chi connectivity index (χ1v) is 5.72. The lowest BCUT2D eigenvalue weighted by Crippen LogP contribution is -2.23. The molecule has 2 atom stereocenters. The van der Waals surface area contributed by atoms with E-state index in [1.807, 2.05) is 13.8 Å². The average Bonchev–Trinajstić information content (AvgIpc) is 2.32. The van der Waals surface area contributed by atoms with Crippen LogP contribution in [0.15, 0.2) is 10.2 Å². The van der Waals surface area contributed by atoms with Crippen LogP contribution in [0.4, 0.5) is 9.59 Å². The van der Waals surface area contributed by atoms with E-state index in [0.29, 0.717) is 13.1 Å². The van der Waals surface area contributed by atoms with Crippen molar-refractivity contribution in [3.05, 3.63) is 0 Å². The second kappa shape index (κ2) is 11.1. The Bertz CT molecular complexity index is 375. The number of carboxylic acid groups (broad SMARTS) is 2. The minimum absolute atomic E-state index is 0.0774. The Morgan fingerprint density at radius 2 is 1.29 bits per heavy atom. The SMILES string of the molecule is CC(CN=NCC(C)C(=N)N)C(=N)N.O=C(O)OC(=O)O. The topological polar surface area (TPSA) is 208 Å². The fourth-order valence-electron chi connectivity index (χ4n) is 0.632. The molecule has 0 spiro atoms. The van der Waals surface area contributed by atoms with Crippen molar-refractivity contribution < 1.29 is 24.5 Å². The number of rotatable bonds is 6. The molecule has 0 saturated carbocycles. The minimum Gasteiger partial charge on any atom is -0.449 e. The molecule has 2 unspecified atom stereocenters. The third kappa shape index (κ3) is 15.2. The summed E-state index contributed by atoms with van der Waals surface area (Å²) in [7, 11) is 0. The lowest BCUT2D eigenvalue weighted by Gasteiger charge is -2.05. The molecule has 0 saturated heterocycles. The number of amidine groups is 2. The van der Waals surface area contributed by atoms with Crippen molar-refractivity contribution in [2.45, 2.75) is 13.8 Å². The van der Waals surface area contributed by atoms with Crippen LogP contribution < -0.4 is 11.5 Å². The number of carbonyl (C=O) groups is 2. The normalized spacial score (nSPS) is 12.7. The van der Waals surface area contributed by atoms with Gasteiger partial charge in [-0.3, -0.25) is 10.8 Å². The predicted molar refractivity (Wildman–Crippen MR) is 73.9 cm³/mol. The van der Waals surface area contributed by atoms with E-state index in [0.717, 1.165) is 0 Å². The molecule has 0 bridgehead atoms. The Morgan fingerprint density at radius 1 is 1.00 bits per heavy atom. The Hall–Kier alpha value is -2.72. The van der Waals surface area contributed by atoms with Gasteiger partial charge in [-0.1, -0.05) is 13.8 Å². The molecule has 0 heterocycles. The van der Waals surface area contributed by atoms with Gasteiger partial charge in [-0.25, -0.2) is 9.59 Å². The van der Waals surface area contributed by atoms with E-state index in [9.17, 15) is 9.59 Å². The van der Waals surface area contributed by atoms with E-state index >= 15 is 0 Å². The van der Waals surface area contributed by atoms with E-state index in [2.05, 4.69) is 15.0 Å². The number of nitrogens with zero attached hydrogens (tertiary/aromatic N) is 2. The van der Waals surface area contributed by atoms with E-state index in [4.69, 9.17) is 32.5 Å². The van der Waals surface area contributed by atoms with Gasteiger partial charge in [0, 0.05) is 11.8 Å². The molecule has 11 heteroatoms. The molecule has 0 radical (unpaired) electrons. The second-order valence-electron chi connectivity index (χ2n) is 3.99. The van der Waals surface area contributed by atoms with Gasteiger partial charge in [0.25, 0.3) is 0 Å². The monoisotopic (exact) mass is 304 g/mol. The highest BCUT2D eigenvalue weighted by atomic mass is 16.7.